The molecule has 1 aliphatic rings. The third-order valence-corrected chi connectivity index (χ3v) is 5.31. The number of rotatable bonds is 6. The maximum absolute atomic E-state index is 12.8. The summed E-state index contributed by atoms with van der Waals surface area (Å²) in [5, 5.41) is 7.84. The van der Waals surface area contributed by atoms with Crippen LogP contribution in [0, 0.1) is 0 Å². The van der Waals surface area contributed by atoms with Gasteiger partial charge in [0.1, 0.15) is 12.1 Å². The first kappa shape index (κ1) is 27.4. The molecule has 37 heavy (non-hydrogen) atoms. The summed E-state index contributed by atoms with van der Waals surface area (Å²) in [5.74, 6) is -1.60. The average molecular weight is 509 g/mol. The summed E-state index contributed by atoms with van der Waals surface area (Å²) >= 11 is 0. The van der Waals surface area contributed by atoms with Crippen LogP contribution in [0.5, 0.6) is 0 Å². The monoisotopic (exact) mass is 508 g/mol. The van der Waals surface area contributed by atoms with Gasteiger partial charge < -0.3 is 20.7 Å². The first-order valence-electron chi connectivity index (χ1n) is 11.8. The van der Waals surface area contributed by atoms with Crippen LogP contribution >= 0.6 is 0 Å². The van der Waals surface area contributed by atoms with Gasteiger partial charge in [-0.25, -0.2) is 4.79 Å². The fourth-order valence-corrected chi connectivity index (χ4v) is 3.63. The van der Waals surface area contributed by atoms with E-state index in [0.717, 1.165) is 5.56 Å². The minimum absolute atomic E-state index is 0.208. The Labute approximate surface area is 215 Å². The molecule has 1 aliphatic heterocycles. The van der Waals surface area contributed by atoms with E-state index in [1.807, 2.05) is 0 Å². The highest BCUT2D eigenvalue weighted by Gasteiger charge is 2.42. The number of carbonyl (C=O) groups excluding carboxylic acids is 5. The van der Waals surface area contributed by atoms with Gasteiger partial charge >= 0.3 is 6.09 Å². The molecular weight excluding hydrogens is 476 g/mol. The van der Waals surface area contributed by atoms with Gasteiger partial charge in [0.05, 0.1) is 11.1 Å². The molecule has 3 N–H and O–H groups in total. The van der Waals surface area contributed by atoms with E-state index in [1.165, 1.54) is 23.1 Å². The van der Waals surface area contributed by atoms with Crippen molar-refractivity contribution in [3.8, 4) is 0 Å². The predicted octanol–water partition coefficient (Wildman–Crippen LogP) is 3.47. The summed E-state index contributed by atoms with van der Waals surface area (Å²) in [4.78, 5) is 63.0. The zero-order valence-corrected chi connectivity index (χ0v) is 21.9. The number of alkyl carbamates (subject to hydrolysis) is 1. The molecule has 1 heterocycles. The van der Waals surface area contributed by atoms with Crippen LogP contribution in [0.3, 0.4) is 0 Å². The second-order valence-corrected chi connectivity index (χ2v) is 10.7. The van der Waals surface area contributed by atoms with Crippen molar-refractivity contribution in [1.82, 2.24) is 15.5 Å². The minimum Gasteiger partial charge on any atom is -0.444 e. The standard InChI is InChI=1S/C27H32N4O6/c1-26(2,3)31-23(34)19-12-9-17(13-20(19)24(31)35)22(33)30-18-10-7-16(8-11-18)14-28-21(32)15-29-25(36)37-27(4,5)6/h7-13H,14-15H2,1-6H3,(H,28,32)(H,29,36)(H,30,33). The van der Waals surface area contributed by atoms with E-state index in [-0.39, 0.29) is 41.6 Å². The van der Waals surface area contributed by atoms with E-state index in [2.05, 4.69) is 16.0 Å². The van der Waals surface area contributed by atoms with Gasteiger partial charge in [-0.3, -0.25) is 24.1 Å². The molecule has 5 amide bonds. The van der Waals surface area contributed by atoms with Gasteiger partial charge in [0.2, 0.25) is 5.91 Å². The lowest BCUT2D eigenvalue weighted by molar-refractivity contribution is -0.120. The molecule has 0 spiro atoms. The van der Waals surface area contributed by atoms with Crippen molar-refractivity contribution in [2.45, 2.75) is 59.2 Å². The highest BCUT2D eigenvalue weighted by atomic mass is 16.6. The number of ether oxygens (including phenoxy) is 1. The summed E-state index contributed by atoms with van der Waals surface area (Å²) < 4.78 is 5.08. The second kappa shape index (κ2) is 10.4. The highest BCUT2D eigenvalue weighted by molar-refractivity contribution is 6.22. The normalized spacial score (nSPS) is 13.2. The Morgan fingerprint density at radius 1 is 0.838 bits per heavy atom. The fraction of sp³-hybridized carbons (Fsp3) is 0.370. The number of carbonyl (C=O) groups is 5. The van der Waals surface area contributed by atoms with E-state index in [1.54, 1.807) is 65.8 Å². The van der Waals surface area contributed by atoms with Gasteiger partial charge in [0.15, 0.2) is 0 Å². The number of benzene rings is 2. The Balaban J connectivity index is 1.54. The Morgan fingerprint density at radius 2 is 1.46 bits per heavy atom. The first-order chi connectivity index (χ1) is 17.2. The summed E-state index contributed by atoms with van der Waals surface area (Å²) in [6.45, 7) is 10.5. The molecular formula is C27H32N4O6. The SMILES string of the molecule is CC(C)(C)OC(=O)NCC(=O)NCc1ccc(NC(=O)c2ccc3c(c2)C(=O)N(C(C)(C)C)C3=O)cc1. The third-order valence-electron chi connectivity index (χ3n) is 5.31. The molecule has 3 rings (SSSR count). The lowest BCUT2D eigenvalue weighted by atomic mass is 10.1. The summed E-state index contributed by atoms with van der Waals surface area (Å²) in [7, 11) is 0. The van der Waals surface area contributed by atoms with Crippen LogP contribution in [0.2, 0.25) is 0 Å². The molecule has 0 unspecified atom stereocenters. The zero-order chi connectivity index (χ0) is 27.5. The number of nitrogens with one attached hydrogen (secondary N) is 3. The van der Waals surface area contributed by atoms with Gasteiger partial charge in [-0.1, -0.05) is 12.1 Å². The van der Waals surface area contributed by atoms with Crippen LogP contribution < -0.4 is 16.0 Å². The number of imide groups is 1. The quantitative estimate of drug-likeness (QED) is 0.512. The van der Waals surface area contributed by atoms with Gasteiger partial charge in [-0.05, 0) is 77.4 Å². The van der Waals surface area contributed by atoms with Crippen molar-refractivity contribution >= 4 is 35.4 Å². The molecule has 0 radical (unpaired) electrons. The van der Waals surface area contributed by atoms with Gasteiger partial charge in [0, 0.05) is 23.3 Å². The predicted molar refractivity (Wildman–Crippen MR) is 137 cm³/mol. The van der Waals surface area contributed by atoms with Gasteiger partial charge in [0.25, 0.3) is 17.7 Å². The van der Waals surface area contributed by atoms with Crippen LogP contribution in [0.25, 0.3) is 0 Å². The summed E-state index contributed by atoms with van der Waals surface area (Å²) in [5.41, 5.74) is 0.722. The molecule has 0 bridgehead atoms. The van der Waals surface area contributed by atoms with E-state index in [4.69, 9.17) is 4.74 Å². The molecule has 10 nitrogen and oxygen atoms in total. The molecule has 2 aromatic rings. The van der Waals surface area contributed by atoms with E-state index < -0.39 is 29.0 Å². The first-order valence-corrected chi connectivity index (χ1v) is 11.8. The Morgan fingerprint density at radius 3 is 2.05 bits per heavy atom. The molecule has 10 heteroatoms. The summed E-state index contributed by atoms with van der Waals surface area (Å²) in [6.07, 6.45) is -0.673. The van der Waals surface area contributed by atoms with E-state index in [9.17, 15) is 24.0 Å². The second-order valence-electron chi connectivity index (χ2n) is 10.7. The number of anilines is 1. The molecule has 0 saturated heterocycles. The van der Waals surface area contributed by atoms with E-state index in [0.29, 0.717) is 5.69 Å². The van der Waals surface area contributed by atoms with Crippen molar-refractivity contribution in [2.75, 3.05) is 11.9 Å². The van der Waals surface area contributed by atoms with Crippen LogP contribution in [-0.2, 0) is 16.1 Å². The maximum Gasteiger partial charge on any atom is 0.408 e. The number of amides is 5. The fourth-order valence-electron chi connectivity index (χ4n) is 3.63. The van der Waals surface area contributed by atoms with Crippen LogP contribution in [0.15, 0.2) is 42.5 Å². The maximum atomic E-state index is 12.8. The number of hydrogen-bond donors (Lipinski definition) is 3. The van der Waals surface area contributed by atoms with Gasteiger partial charge in [-0.2, -0.15) is 0 Å². The number of fused-ring (bicyclic) bond motifs is 1. The van der Waals surface area contributed by atoms with Crippen LogP contribution in [0.1, 0.15) is 78.2 Å². The molecule has 0 saturated carbocycles. The topological polar surface area (TPSA) is 134 Å². The molecule has 196 valence electrons. The molecule has 2 aromatic carbocycles. The van der Waals surface area contributed by atoms with Gasteiger partial charge in [-0.15, -0.1) is 0 Å². The van der Waals surface area contributed by atoms with Crippen molar-refractivity contribution in [2.24, 2.45) is 0 Å². The number of hydrogen-bond acceptors (Lipinski definition) is 6. The third kappa shape index (κ3) is 6.93. The Kier molecular flexibility index (Phi) is 7.71. The smallest absolute Gasteiger partial charge is 0.408 e. The lowest BCUT2D eigenvalue weighted by Gasteiger charge is -2.29. The average Bonchev–Trinajstić information content (AvgIpc) is 3.05. The Hall–Kier alpha value is -4.21. The largest absolute Gasteiger partial charge is 0.444 e. The number of nitrogens with zero attached hydrogens (tertiary/aromatic N) is 1. The van der Waals surface area contributed by atoms with Crippen molar-refractivity contribution < 1.29 is 28.7 Å². The Bertz CT molecular complexity index is 1240. The van der Waals surface area contributed by atoms with Crippen molar-refractivity contribution in [3.63, 3.8) is 0 Å². The van der Waals surface area contributed by atoms with Crippen LogP contribution in [-0.4, -0.2) is 52.3 Å². The van der Waals surface area contributed by atoms with Crippen molar-refractivity contribution in [3.05, 3.63) is 64.7 Å². The highest BCUT2D eigenvalue weighted by Crippen LogP contribution is 2.30. The van der Waals surface area contributed by atoms with Crippen molar-refractivity contribution in [1.29, 1.82) is 0 Å². The summed E-state index contributed by atoms with van der Waals surface area (Å²) in [6, 6.07) is 11.3. The van der Waals surface area contributed by atoms with E-state index >= 15 is 0 Å². The molecule has 0 fully saturated rings. The molecule has 0 atom stereocenters. The minimum atomic E-state index is -0.675. The van der Waals surface area contributed by atoms with Crippen LogP contribution in [0.4, 0.5) is 10.5 Å². The molecule has 0 aromatic heterocycles. The molecule has 0 aliphatic carbocycles. The lowest BCUT2D eigenvalue weighted by Crippen LogP contribution is -2.45. The zero-order valence-electron chi connectivity index (χ0n) is 21.9.